The summed E-state index contributed by atoms with van der Waals surface area (Å²) in [4.78, 5) is 1.45. The minimum Gasteiger partial charge on any atom is -0.497 e. The van der Waals surface area contributed by atoms with E-state index < -0.39 is 15.8 Å². The number of sulfonamides is 1. The smallest absolute Gasteiger partial charge is 0.243 e. The predicted octanol–water partition coefficient (Wildman–Crippen LogP) is 0.940. The minimum atomic E-state index is -3.78. The Morgan fingerprint density at radius 3 is 2.43 bits per heavy atom. The lowest BCUT2D eigenvalue weighted by Gasteiger charge is -2.27. The van der Waals surface area contributed by atoms with E-state index in [0.717, 1.165) is 13.1 Å². The number of quaternary nitrogens is 1. The molecule has 28 heavy (non-hydrogen) atoms. The number of methoxy groups -OCH3 is 1. The van der Waals surface area contributed by atoms with Crippen molar-refractivity contribution in [2.75, 3.05) is 46.5 Å². The van der Waals surface area contributed by atoms with Gasteiger partial charge >= 0.3 is 0 Å². The predicted molar refractivity (Wildman–Crippen MR) is 103 cm³/mol. The Kier molecular flexibility index (Phi) is 7.01. The lowest BCUT2D eigenvalue weighted by atomic mass is 10.2. The van der Waals surface area contributed by atoms with Gasteiger partial charge in [0.2, 0.25) is 10.0 Å². The number of nitrogens with one attached hydrogen (secondary N) is 1. The van der Waals surface area contributed by atoms with Crippen LogP contribution in [0.15, 0.2) is 53.4 Å². The van der Waals surface area contributed by atoms with Crippen LogP contribution in [0.2, 0.25) is 0 Å². The summed E-state index contributed by atoms with van der Waals surface area (Å²) in [5.74, 6) is 0.175. The van der Waals surface area contributed by atoms with Crippen molar-refractivity contribution < 1.29 is 27.2 Å². The molecule has 8 heteroatoms. The van der Waals surface area contributed by atoms with E-state index >= 15 is 0 Å². The fourth-order valence-electron chi connectivity index (χ4n) is 3.19. The van der Waals surface area contributed by atoms with Crippen molar-refractivity contribution in [2.24, 2.45) is 0 Å². The molecule has 0 atom stereocenters. The molecule has 1 N–H and O–H groups in total. The highest BCUT2D eigenvalue weighted by Crippen LogP contribution is 2.21. The topological polar surface area (TPSA) is 60.3 Å². The molecule has 0 aromatic heterocycles. The van der Waals surface area contributed by atoms with E-state index in [1.54, 1.807) is 30.3 Å². The number of morpholine rings is 1. The quantitative estimate of drug-likeness (QED) is 0.705. The van der Waals surface area contributed by atoms with Gasteiger partial charge in [0.15, 0.2) is 0 Å². The zero-order valence-electron chi connectivity index (χ0n) is 15.9. The molecule has 0 unspecified atom stereocenters. The highest BCUT2D eigenvalue weighted by Gasteiger charge is 2.27. The second-order valence-corrected chi connectivity index (χ2v) is 8.66. The van der Waals surface area contributed by atoms with E-state index in [1.807, 2.05) is 0 Å². The van der Waals surface area contributed by atoms with E-state index in [9.17, 15) is 12.8 Å². The maximum absolute atomic E-state index is 14.2. The number of ether oxygens (including phenoxy) is 2. The van der Waals surface area contributed by atoms with Crippen LogP contribution < -0.4 is 9.64 Å². The first-order chi connectivity index (χ1) is 13.5. The number of halogens is 1. The molecule has 0 bridgehead atoms. The Labute approximate surface area is 165 Å². The van der Waals surface area contributed by atoms with Gasteiger partial charge < -0.3 is 14.4 Å². The van der Waals surface area contributed by atoms with Crippen LogP contribution in [0.5, 0.6) is 5.75 Å². The van der Waals surface area contributed by atoms with Gasteiger partial charge in [-0.25, -0.2) is 12.8 Å². The molecule has 152 valence electrons. The van der Waals surface area contributed by atoms with Crippen LogP contribution in [0.4, 0.5) is 4.39 Å². The van der Waals surface area contributed by atoms with Crippen LogP contribution in [-0.2, 0) is 21.3 Å². The minimum absolute atomic E-state index is 0.00911. The van der Waals surface area contributed by atoms with Gasteiger partial charge in [0.25, 0.3) is 0 Å². The third-order valence-corrected chi connectivity index (χ3v) is 6.78. The fourth-order valence-corrected chi connectivity index (χ4v) is 4.61. The third-order valence-electron chi connectivity index (χ3n) is 4.92. The molecule has 3 rings (SSSR count). The lowest BCUT2D eigenvalue weighted by molar-refractivity contribution is -0.907. The standard InChI is InChI=1S/C20H25FN2O4S/c1-26-18-6-8-19(9-7-18)28(24,25)23(11-10-22-12-14-27-15-13-22)16-17-4-2-3-5-20(17)21/h2-9H,10-16H2,1H3/p+1. The molecular weight excluding hydrogens is 383 g/mol. The van der Waals surface area contributed by atoms with Gasteiger partial charge in [-0.15, -0.1) is 0 Å². The molecular formula is C20H26FN2O4S+. The van der Waals surface area contributed by atoms with Crippen LogP contribution in [0.25, 0.3) is 0 Å². The van der Waals surface area contributed by atoms with E-state index in [1.165, 1.54) is 34.5 Å². The SMILES string of the molecule is COc1ccc(S(=O)(=O)N(CC[NH+]2CCOCC2)Cc2ccccc2F)cc1. The van der Waals surface area contributed by atoms with E-state index in [4.69, 9.17) is 9.47 Å². The Hall–Kier alpha value is -2.00. The molecule has 0 spiro atoms. The summed E-state index contributed by atoms with van der Waals surface area (Å²) >= 11 is 0. The molecule has 1 aliphatic rings. The number of nitrogens with zero attached hydrogens (tertiary/aromatic N) is 1. The first-order valence-corrected chi connectivity index (χ1v) is 10.7. The van der Waals surface area contributed by atoms with E-state index in [-0.39, 0.29) is 11.4 Å². The van der Waals surface area contributed by atoms with Crippen LogP contribution in [-0.4, -0.2) is 59.2 Å². The van der Waals surface area contributed by atoms with Crippen molar-refractivity contribution >= 4 is 10.0 Å². The van der Waals surface area contributed by atoms with E-state index in [2.05, 4.69) is 0 Å². The monoisotopic (exact) mass is 409 g/mol. The van der Waals surface area contributed by atoms with Gasteiger partial charge in [0.1, 0.15) is 24.7 Å². The number of benzene rings is 2. The maximum atomic E-state index is 14.2. The van der Waals surface area contributed by atoms with Crippen molar-refractivity contribution in [2.45, 2.75) is 11.4 Å². The largest absolute Gasteiger partial charge is 0.497 e. The molecule has 0 aliphatic carbocycles. The zero-order chi connectivity index (χ0) is 20.0. The normalized spacial score (nSPS) is 15.7. The zero-order valence-corrected chi connectivity index (χ0v) is 16.8. The summed E-state index contributed by atoms with van der Waals surface area (Å²) in [6.45, 7) is 3.98. The molecule has 0 amide bonds. The van der Waals surface area contributed by atoms with Gasteiger partial charge in [-0.3, -0.25) is 0 Å². The number of rotatable bonds is 8. The molecule has 0 radical (unpaired) electrons. The van der Waals surface area contributed by atoms with Gasteiger partial charge in [0, 0.05) is 12.1 Å². The molecule has 1 saturated heterocycles. The molecule has 2 aromatic carbocycles. The van der Waals surface area contributed by atoms with Crippen molar-refractivity contribution in [3.05, 3.63) is 59.9 Å². The fraction of sp³-hybridized carbons (Fsp3) is 0.400. The Morgan fingerprint density at radius 2 is 1.79 bits per heavy atom. The van der Waals surface area contributed by atoms with Crippen molar-refractivity contribution in [3.8, 4) is 5.75 Å². The van der Waals surface area contributed by atoms with Gasteiger partial charge in [-0.1, -0.05) is 18.2 Å². The highest BCUT2D eigenvalue weighted by molar-refractivity contribution is 7.89. The van der Waals surface area contributed by atoms with E-state index in [0.29, 0.717) is 37.6 Å². The Bertz CT molecular complexity index is 868. The maximum Gasteiger partial charge on any atom is 0.243 e. The summed E-state index contributed by atoms with van der Waals surface area (Å²) in [7, 11) is -2.25. The summed E-state index contributed by atoms with van der Waals surface area (Å²) in [5, 5.41) is 0. The Morgan fingerprint density at radius 1 is 1.11 bits per heavy atom. The summed E-state index contributed by atoms with van der Waals surface area (Å²) in [6.07, 6.45) is 0. The molecule has 2 aromatic rings. The van der Waals surface area contributed by atoms with Crippen molar-refractivity contribution in [1.82, 2.24) is 4.31 Å². The molecule has 1 fully saturated rings. The third kappa shape index (κ3) is 5.08. The Balaban J connectivity index is 1.83. The van der Waals surface area contributed by atoms with Gasteiger partial charge in [-0.05, 0) is 30.3 Å². The van der Waals surface area contributed by atoms with Crippen LogP contribution in [0.1, 0.15) is 5.56 Å². The molecule has 0 saturated carbocycles. The van der Waals surface area contributed by atoms with Crippen molar-refractivity contribution in [3.63, 3.8) is 0 Å². The second-order valence-electron chi connectivity index (χ2n) is 6.72. The average molecular weight is 410 g/mol. The average Bonchev–Trinajstić information content (AvgIpc) is 2.73. The summed E-state index contributed by atoms with van der Waals surface area (Å²) < 4.78 is 52.5. The van der Waals surface area contributed by atoms with Crippen molar-refractivity contribution in [1.29, 1.82) is 0 Å². The number of hydrogen-bond acceptors (Lipinski definition) is 4. The molecule has 1 aliphatic heterocycles. The second kappa shape index (κ2) is 9.47. The molecule has 6 nitrogen and oxygen atoms in total. The number of hydrogen-bond donors (Lipinski definition) is 1. The van der Waals surface area contributed by atoms with Gasteiger partial charge in [0.05, 0.1) is 38.3 Å². The lowest BCUT2D eigenvalue weighted by Crippen LogP contribution is -3.14. The van der Waals surface area contributed by atoms with Crippen LogP contribution in [0, 0.1) is 5.82 Å². The van der Waals surface area contributed by atoms with Crippen LogP contribution in [0.3, 0.4) is 0 Å². The van der Waals surface area contributed by atoms with Crippen LogP contribution >= 0.6 is 0 Å². The highest BCUT2D eigenvalue weighted by atomic mass is 32.2. The van der Waals surface area contributed by atoms with Gasteiger partial charge in [-0.2, -0.15) is 4.31 Å². The summed E-state index contributed by atoms with van der Waals surface area (Å²) in [5.41, 5.74) is 0.358. The first kappa shape index (κ1) is 20.7. The first-order valence-electron chi connectivity index (χ1n) is 9.29. The summed E-state index contributed by atoms with van der Waals surface area (Å²) in [6, 6.07) is 12.5. The molecule has 1 heterocycles.